The molecule has 2 aliphatic heterocycles. The molecule has 7 heteroatoms. The number of oxazole rings is 1. The van der Waals surface area contributed by atoms with Gasteiger partial charge in [0, 0.05) is 57.8 Å². The minimum absolute atomic E-state index is 0.372. The van der Waals surface area contributed by atoms with E-state index in [0.29, 0.717) is 5.92 Å². The highest BCUT2D eigenvalue weighted by Gasteiger charge is 2.23. The molecule has 2 saturated heterocycles. The monoisotopic (exact) mass is 370 g/mol. The number of hydrogen-bond acceptors (Lipinski definition) is 7. The molecule has 0 saturated carbocycles. The Kier molecular flexibility index (Phi) is 5.29. The maximum absolute atomic E-state index is 5.56. The standard InChI is InChI=1S/C20H30N6O/c1-15(2)20-17(21-14-27-20)13-24-8-10-26(11-9-24)19-12-18(22-16(3)23-19)25-6-4-5-7-25/h12,14-15H,4-11,13H2,1-3H3. The lowest BCUT2D eigenvalue weighted by Gasteiger charge is -2.35. The molecule has 0 spiro atoms. The van der Waals surface area contributed by atoms with Crippen LogP contribution in [-0.4, -0.2) is 59.1 Å². The average Bonchev–Trinajstić information content (AvgIpc) is 3.34. The zero-order valence-electron chi connectivity index (χ0n) is 16.7. The lowest BCUT2D eigenvalue weighted by atomic mass is 10.1. The summed E-state index contributed by atoms with van der Waals surface area (Å²) >= 11 is 0. The quantitative estimate of drug-likeness (QED) is 0.802. The lowest BCUT2D eigenvalue weighted by Crippen LogP contribution is -2.46. The van der Waals surface area contributed by atoms with Gasteiger partial charge in [0.15, 0.2) is 6.39 Å². The molecule has 2 aromatic heterocycles. The predicted octanol–water partition coefficient (Wildman–Crippen LogP) is 2.82. The second kappa shape index (κ2) is 7.84. The van der Waals surface area contributed by atoms with Crippen LogP contribution in [0.3, 0.4) is 0 Å². The van der Waals surface area contributed by atoms with E-state index in [0.717, 1.165) is 74.7 Å². The molecule has 0 bridgehead atoms. The maximum Gasteiger partial charge on any atom is 0.181 e. The molecule has 2 aromatic rings. The molecule has 4 rings (SSSR count). The first-order chi connectivity index (χ1) is 13.1. The van der Waals surface area contributed by atoms with Crippen LogP contribution < -0.4 is 9.80 Å². The third-order valence-corrected chi connectivity index (χ3v) is 5.51. The van der Waals surface area contributed by atoms with E-state index in [1.807, 2.05) is 6.92 Å². The fourth-order valence-corrected chi connectivity index (χ4v) is 4.02. The number of nitrogens with zero attached hydrogens (tertiary/aromatic N) is 6. The largest absolute Gasteiger partial charge is 0.448 e. The van der Waals surface area contributed by atoms with Crippen LogP contribution in [-0.2, 0) is 6.54 Å². The van der Waals surface area contributed by atoms with Crippen LogP contribution in [0.1, 0.15) is 49.9 Å². The van der Waals surface area contributed by atoms with Crippen molar-refractivity contribution in [1.29, 1.82) is 0 Å². The van der Waals surface area contributed by atoms with Gasteiger partial charge in [-0.05, 0) is 19.8 Å². The van der Waals surface area contributed by atoms with Crippen molar-refractivity contribution in [2.24, 2.45) is 0 Å². The molecule has 4 heterocycles. The Morgan fingerprint density at radius 2 is 1.59 bits per heavy atom. The molecular weight excluding hydrogens is 340 g/mol. The first kappa shape index (κ1) is 18.2. The molecule has 27 heavy (non-hydrogen) atoms. The third-order valence-electron chi connectivity index (χ3n) is 5.51. The molecule has 0 atom stereocenters. The highest BCUT2D eigenvalue weighted by atomic mass is 16.3. The van der Waals surface area contributed by atoms with Crippen LogP contribution >= 0.6 is 0 Å². The Hall–Kier alpha value is -2.15. The molecule has 7 nitrogen and oxygen atoms in total. The maximum atomic E-state index is 5.56. The van der Waals surface area contributed by atoms with E-state index in [1.165, 1.54) is 12.8 Å². The van der Waals surface area contributed by atoms with Gasteiger partial charge in [0.25, 0.3) is 0 Å². The lowest BCUT2D eigenvalue weighted by molar-refractivity contribution is 0.245. The van der Waals surface area contributed by atoms with Gasteiger partial charge in [-0.15, -0.1) is 0 Å². The second-order valence-electron chi connectivity index (χ2n) is 7.91. The number of piperazine rings is 1. The van der Waals surface area contributed by atoms with Gasteiger partial charge in [0.1, 0.15) is 23.2 Å². The van der Waals surface area contributed by atoms with E-state index >= 15 is 0 Å². The minimum Gasteiger partial charge on any atom is -0.448 e. The van der Waals surface area contributed by atoms with Crippen molar-refractivity contribution in [1.82, 2.24) is 19.9 Å². The summed E-state index contributed by atoms with van der Waals surface area (Å²) in [6, 6.07) is 2.17. The van der Waals surface area contributed by atoms with Crippen LogP contribution in [0.25, 0.3) is 0 Å². The topological polar surface area (TPSA) is 61.5 Å². The number of aromatic nitrogens is 3. The van der Waals surface area contributed by atoms with Crippen LogP contribution in [0.2, 0.25) is 0 Å². The minimum atomic E-state index is 0.372. The first-order valence-electron chi connectivity index (χ1n) is 10.1. The number of aryl methyl sites for hydroxylation is 1. The smallest absolute Gasteiger partial charge is 0.181 e. The normalized spacial score (nSPS) is 18.7. The Morgan fingerprint density at radius 3 is 2.22 bits per heavy atom. The zero-order chi connectivity index (χ0) is 18.8. The van der Waals surface area contributed by atoms with Crippen molar-refractivity contribution in [2.45, 2.75) is 46.1 Å². The van der Waals surface area contributed by atoms with Gasteiger partial charge in [0.05, 0.1) is 5.69 Å². The van der Waals surface area contributed by atoms with Gasteiger partial charge in [-0.1, -0.05) is 13.8 Å². The fraction of sp³-hybridized carbons (Fsp3) is 0.650. The summed E-state index contributed by atoms with van der Waals surface area (Å²) in [5, 5.41) is 0. The summed E-state index contributed by atoms with van der Waals surface area (Å²) in [4.78, 5) is 21.0. The molecule has 0 aliphatic carbocycles. The highest BCUT2D eigenvalue weighted by Crippen LogP contribution is 2.24. The summed E-state index contributed by atoms with van der Waals surface area (Å²) in [6.45, 7) is 13.3. The molecule has 0 N–H and O–H groups in total. The molecule has 0 amide bonds. The van der Waals surface area contributed by atoms with Crippen LogP contribution in [0, 0.1) is 6.92 Å². The van der Waals surface area contributed by atoms with Gasteiger partial charge < -0.3 is 14.2 Å². The average molecular weight is 371 g/mol. The molecular formula is C20H30N6O. The Morgan fingerprint density at radius 1 is 0.963 bits per heavy atom. The summed E-state index contributed by atoms with van der Waals surface area (Å²) in [7, 11) is 0. The van der Waals surface area contributed by atoms with E-state index in [2.05, 4.69) is 44.6 Å². The fourth-order valence-electron chi connectivity index (χ4n) is 4.02. The molecule has 2 aliphatic rings. The summed E-state index contributed by atoms with van der Waals surface area (Å²) in [5.41, 5.74) is 1.08. The van der Waals surface area contributed by atoms with Crippen LogP contribution in [0.4, 0.5) is 11.6 Å². The molecule has 146 valence electrons. The van der Waals surface area contributed by atoms with Crippen molar-refractivity contribution < 1.29 is 4.42 Å². The SMILES string of the molecule is Cc1nc(N2CCCC2)cc(N2CCN(Cc3ncoc3C(C)C)CC2)n1. The number of anilines is 2. The van der Waals surface area contributed by atoms with E-state index in [1.54, 1.807) is 6.39 Å². The Labute approximate surface area is 161 Å². The van der Waals surface area contributed by atoms with Crippen molar-refractivity contribution in [2.75, 3.05) is 49.1 Å². The highest BCUT2D eigenvalue weighted by molar-refractivity contribution is 5.51. The Balaban J connectivity index is 1.39. The van der Waals surface area contributed by atoms with Gasteiger partial charge in [0.2, 0.25) is 0 Å². The van der Waals surface area contributed by atoms with Crippen LogP contribution in [0.15, 0.2) is 16.9 Å². The van der Waals surface area contributed by atoms with E-state index < -0.39 is 0 Å². The summed E-state index contributed by atoms with van der Waals surface area (Å²) in [5.74, 6) is 4.40. The van der Waals surface area contributed by atoms with Crippen LogP contribution in [0.5, 0.6) is 0 Å². The first-order valence-corrected chi connectivity index (χ1v) is 10.1. The summed E-state index contributed by atoms with van der Waals surface area (Å²) < 4.78 is 5.56. The Bertz CT molecular complexity index is 760. The van der Waals surface area contributed by atoms with Crippen molar-refractivity contribution in [3.8, 4) is 0 Å². The molecule has 0 unspecified atom stereocenters. The molecule has 0 aromatic carbocycles. The van der Waals surface area contributed by atoms with Gasteiger partial charge in [-0.2, -0.15) is 0 Å². The zero-order valence-corrected chi connectivity index (χ0v) is 16.7. The van der Waals surface area contributed by atoms with Crippen molar-refractivity contribution in [3.63, 3.8) is 0 Å². The van der Waals surface area contributed by atoms with E-state index in [-0.39, 0.29) is 0 Å². The van der Waals surface area contributed by atoms with Gasteiger partial charge >= 0.3 is 0 Å². The molecule has 2 fully saturated rings. The molecule has 0 radical (unpaired) electrons. The predicted molar refractivity (Wildman–Crippen MR) is 106 cm³/mol. The summed E-state index contributed by atoms with van der Waals surface area (Å²) in [6.07, 6.45) is 4.10. The number of hydrogen-bond donors (Lipinski definition) is 0. The third kappa shape index (κ3) is 4.08. The van der Waals surface area contributed by atoms with Gasteiger partial charge in [-0.3, -0.25) is 4.90 Å². The van der Waals surface area contributed by atoms with E-state index in [4.69, 9.17) is 9.40 Å². The van der Waals surface area contributed by atoms with E-state index in [9.17, 15) is 0 Å². The van der Waals surface area contributed by atoms with Crippen molar-refractivity contribution in [3.05, 3.63) is 29.7 Å². The second-order valence-corrected chi connectivity index (χ2v) is 7.91. The van der Waals surface area contributed by atoms with Crippen molar-refractivity contribution >= 4 is 11.6 Å². The van der Waals surface area contributed by atoms with Gasteiger partial charge in [-0.25, -0.2) is 15.0 Å². The number of rotatable bonds is 5.